The topological polar surface area (TPSA) is 111 Å². The first-order valence-corrected chi connectivity index (χ1v) is 6.26. The molecule has 114 valence electrons. The van der Waals surface area contributed by atoms with Crippen LogP contribution in [-0.2, 0) is 28.7 Å². The fourth-order valence-corrected chi connectivity index (χ4v) is 1.14. The number of esters is 2. The Hall–Kier alpha value is -2.12. The van der Waals surface area contributed by atoms with Crippen molar-refractivity contribution in [1.29, 1.82) is 0 Å². The monoisotopic (exact) mass is 288 g/mol. The van der Waals surface area contributed by atoms with Crippen LogP contribution in [0, 0.1) is 0 Å². The second kappa shape index (κ2) is 10.8. The predicted octanol–water partition coefficient (Wildman–Crippen LogP) is -0.875. The van der Waals surface area contributed by atoms with E-state index in [-0.39, 0.29) is 38.2 Å². The lowest BCUT2D eigenvalue weighted by Gasteiger charge is -2.06. The number of hydrogen-bond donors (Lipinski definition) is 2. The molecule has 8 nitrogen and oxygen atoms in total. The van der Waals surface area contributed by atoms with Gasteiger partial charge in [-0.15, -0.1) is 0 Å². The van der Waals surface area contributed by atoms with Gasteiger partial charge in [0, 0.05) is 26.9 Å². The molecule has 0 atom stereocenters. The van der Waals surface area contributed by atoms with Gasteiger partial charge in [-0.3, -0.25) is 19.2 Å². The standard InChI is InChI=1S/C12H20N2O6/c1-9(15)19-7-3-5-13-11(17)12(18)14-6-4-8-20-10(2)16/h3-8H2,1-2H3,(H,13,17)(H,14,18). The molecule has 0 aromatic rings. The van der Waals surface area contributed by atoms with Crippen LogP contribution in [0.1, 0.15) is 26.7 Å². The summed E-state index contributed by atoms with van der Waals surface area (Å²) < 4.78 is 9.33. The van der Waals surface area contributed by atoms with Crippen LogP contribution >= 0.6 is 0 Å². The van der Waals surface area contributed by atoms with Crippen molar-refractivity contribution in [2.75, 3.05) is 26.3 Å². The maximum atomic E-state index is 11.3. The number of amides is 2. The zero-order valence-corrected chi connectivity index (χ0v) is 11.7. The van der Waals surface area contributed by atoms with Gasteiger partial charge >= 0.3 is 23.8 Å². The van der Waals surface area contributed by atoms with Gasteiger partial charge in [0.1, 0.15) is 0 Å². The van der Waals surface area contributed by atoms with E-state index in [4.69, 9.17) is 0 Å². The highest BCUT2D eigenvalue weighted by Crippen LogP contribution is 1.84. The van der Waals surface area contributed by atoms with Gasteiger partial charge in [-0.1, -0.05) is 0 Å². The Kier molecular flexibility index (Phi) is 9.63. The first-order chi connectivity index (χ1) is 9.43. The van der Waals surface area contributed by atoms with Gasteiger partial charge in [0.2, 0.25) is 0 Å². The Labute approximate surface area is 117 Å². The summed E-state index contributed by atoms with van der Waals surface area (Å²) >= 11 is 0. The molecule has 0 saturated heterocycles. The van der Waals surface area contributed by atoms with Gasteiger partial charge in [-0.25, -0.2) is 0 Å². The van der Waals surface area contributed by atoms with Crippen LogP contribution in [-0.4, -0.2) is 50.1 Å². The first-order valence-electron chi connectivity index (χ1n) is 6.26. The maximum Gasteiger partial charge on any atom is 0.309 e. The van der Waals surface area contributed by atoms with Crippen molar-refractivity contribution in [3.05, 3.63) is 0 Å². The van der Waals surface area contributed by atoms with Crippen LogP contribution in [0.3, 0.4) is 0 Å². The number of carbonyl (C=O) groups excluding carboxylic acids is 4. The smallest absolute Gasteiger partial charge is 0.309 e. The number of rotatable bonds is 8. The van der Waals surface area contributed by atoms with Crippen LogP contribution < -0.4 is 10.6 Å². The summed E-state index contributed by atoms with van der Waals surface area (Å²) in [7, 11) is 0. The molecule has 0 rings (SSSR count). The SMILES string of the molecule is CC(=O)OCCCNC(=O)C(=O)NCCCOC(C)=O. The lowest BCUT2D eigenvalue weighted by atomic mass is 10.4. The molecule has 0 spiro atoms. The summed E-state index contributed by atoms with van der Waals surface area (Å²) in [5, 5.41) is 4.78. The lowest BCUT2D eigenvalue weighted by Crippen LogP contribution is -2.41. The average Bonchev–Trinajstić information content (AvgIpc) is 2.36. The van der Waals surface area contributed by atoms with Crippen LogP contribution in [0.4, 0.5) is 0 Å². The molecule has 0 saturated carbocycles. The molecule has 0 bridgehead atoms. The lowest BCUT2D eigenvalue weighted by molar-refractivity contribution is -0.142. The third-order valence-electron chi connectivity index (χ3n) is 2.03. The fourth-order valence-electron chi connectivity index (χ4n) is 1.14. The molecule has 0 aliphatic rings. The number of nitrogens with one attached hydrogen (secondary N) is 2. The van der Waals surface area contributed by atoms with E-state index in [1.807, 2.05) is 0 Å². The molecular weight excluding hydrogens is 268 g/mol. The van der Waals surface area contributed by atoms with E-state index in [0.717, 1.165) is 0 Å². The molecular formula is C12H20N2O6. The quantitative estimate of drug-likeness (QED) is 0.341. The predicted molar refractivity (Wildman–Crippen MR) is 68.5 cm³/mol. The summed E-state index contributed by atoms with van der Waals surface area (Å²) in [4.78, 5) is 43.5. The first kappa shape index (κ1) is 17.9. The van der Waals surface area contributed by atoms with E-state index in [2.05, 4.69) is 20.1 Å². The molecule has 20 heavy (non-hydrogen) atoms. The molecule has 0 unspecified atom stereocenters. The van der Waals surface area contributed by atoms with Gasteiger partial charge in [-0.2, -0.15) is 0 Å². The van der Waals surface area contributed by atoms with Gasteiger partial charge in [-0.05, 0) is 12.8 Å². The molecule has 0 aromatic carbocycles. The molecule has 0 aliphatic carbocycles. The van der Waals surface area contributed by atoms with E-state index in [1.165, 1.54) is 13.8 Å². The van der Waals surface area contributed by atoms with Gasteiger partial charge in [0.15, 0.2) is 0 Å². The Morgan fingerprint density at radius 3 is 1.40 bits per heavy atom. The molecule has 0 fully saturated rings. The Bertz CT molecular complexity index is 322. The van der Waals surface area contributed by atoms with Crippen molar-refractivity contribution < 1.29 is 28.7 Å². The van der Waals surface area contributed by atoms with Gasteiger partial charge < -0.3 is 20.1 Å². The molecule has 0 radical (unpaired) electrons. The average molecular weight is 288 g/mol. The molecule has 8 heteroatoms. The highest BCUT2D eigenvalue weighted by molar-refractivity contribution is 6.35. The van der Waals surface area contributed by atoms with Crippen LogP contribution in [0.5, 0.6) is 0 Å². The van der Waals surface area contributed by atoms with E-state index < -0.39 is 11.8 Å². The minimum absolute atomic E-state index is 0.194. The Balaban J connectivity index is 3.54. The summed E-state index contributed by atoms with van der Waals surface area (Å²) in [6.45, 7) is 3.46. The highest BCUT2D eigenvalue weighted by atomic mass is 16.5. The van der Waals surface area contributed by atoms with Crippen molar-refractivity contribution in [3.63, 3.8) is 0 Å². The van der Waals surface area contributed by atoms with Crippen molar-refractivity contribution in [1.82, 2.24) is 10.6 Å². The zero-order chi connectivity index (χ0) is 15.4. The van der Waals surface area contributed by atoms with E-state index in [0.29, 0.717) is 12.8 Å². The fraction of sp³-hybridized carbons (Fsp3) is 0.667. The third kappa shape index (κ3) is 11.0. The Morgan fingerprint density at radius 1 is 0.750 bits per heavy atom. The third-order valence-corrected chi connectivity index (χ3v) is 2.03. The van der Waals surface area contributed by atoms with E-state index >= 15 is 0 Å². The second-order valence-electron chi connectivity index (χ2n) is 3.90. The van der Waals surface area contributed by atoms with Gasteiger partial charge in [0.05, 0.1) is 13.2 Å². The molecule has 0 aliphatic heterocycles. The summed E-state index contributed by atoms with van der Waals surface area (Å²) in [5.41, 5.74) is 0. The largest absolute Gasteiger partial charge is 0.466 e. The second-order valence-corrected chi connectivity index (χ2v) is 3.90. The minimum Gasteiger partial charge on any atom is -0.466 e. The molecule has 0 aromatic heterocycles. The van der Waals surface area contributed by atoms with Crippen molar-refractivity contribution >= 4 is 23.8 Å². The molecule has 0 heterocycles. The number of hydrogen-bond acceptors (Lipinski definition) is 6. The maximum absolute atomic E-state index is 11.3. The van der Waals surface area contributed by atoms with Crippen molar-refractivity contribution in [3.8, 4) is 0 Å². The van der Waals surface area contributed by atoms with Crippen LogP contribution in [0.25, 0.3) is 0 Å². The summed E-state index contributed by atoms with van der Waals surface area (Å²) in [6.07, 6.45) is 0.871. The zero-order valence-electron chi connectivity index (χ0n) is 11.7. The highest BCUT2D eigenvalue weighted by Gasteiger charge is 2.11. The summed E-state index contributed by atoms with van der Waals surface area (Å²) in [5.74, 6) is -2.27. The van der Waals surface area contributed by atoms with Crippen molar-refractivity contribution in [2.45, 2.75) is 26.7 Å². The van der Waals surface area contributed by atoms with E-state index in [1.54, 1.807) is 0 Å². The van der Waals surface area contributed by atoms with E-state index in [9.17, 15) is 19.2 Å². The molecule has 2 N–H and O–H groups in total. The van der Waals surface area contributed by atoms with Crippen molar-refractivity contribution in [2.24, 2.45) is 0 Å². The van der Waals surface area contributed by atoms with Gasteiger partial charge in [0.25, 0.3) is 0 Å². The van der Waals surface area contributed by atoms with Crippen LogP contribution in [0.15, 0.2) is 0 Å². The number of carbonyl (C=O) groups is 4. The minimum atomic E-state index is -0.750. The summed E-state index contributed by atoms with van der Waals surface area (Å²) in [6, 6.07) is 0. The van der Waals surface area contributed by atoms with Crippen LogP contribution in [0.2, 0.25) is 0 Å². The number of ether oxygens (including phenoxy) is 2. The molecule has 2 amide bonds. The normalized spacial score (nSPS) is 9.50. The Morgan fingerprint density at radius 2 is 1.10 bits per heavy atom.